The Morgan fingerprint density at radius 2 is 2.20 bits per heavy atom. The van der Waals surface area contributed by atoms with Gasteiger partial charge in [0.15, 0.2) is 0 Å². The minimum atomic E-state index is 0.855. The second-order valence-electron chi connectivity index (χ2n) is 3.63. The summed E-state index contributed by atoms with van der Waals surface area (Å²) in [6.07, 6.45) is 4.14. The molecule has 1 saturated carbocycles. The van der Waals surface area contributed by atoms with E-state index >= 15 is 0 Å². The van der Waals surface area contributed by atoms with Gasteiger partial charge in [0.25, 0.3) is 0 Å². The lowest BCUT2D eigenvalue weighted by Gasteiger charge is -2.25. The summed E-state index contributed by atoms with van der Waals surface area (Å²) in [7, 11) is 0. The number of rotatable bonds is 3. The Labute approximate surface area is 62.4 Å². The van der Waals surface area contributed by atoms with E-state index in [4.69, 9.17) is 5.73 Å². The van der Waals surface area contributed by atoms with Crippen LogP contribution in [0.15, 0.2) is 0 Å². The topological polar surface area (TPSA) is 29.3 Å². The van der Waals surface area contributed by atoms with Gasteiger partial charge >= 0.3 is 0 Å². The van der Waals surface area contributed by atoms with Crippen molar-refractivity contribution in [2.75, 3.05) is 19.6 Å². The van der Waals surface area contributed by atoms with E-state index in [1.54, 1.807) is 0 Å². The molecule has 3 fully saturated rings. The maximum atomic E-state index is 5.44. The van der Waals surface area contributed by atoms with E-state index in [9.17, 15) is 0 Å². The van der Waals surface area contributed by atoms with Gasteiger partial charge in [0.1, 0.15) is 0 Å². The van der Waals surface area contributed by atoms with Crippen LogP contribution in [0.3, 0.4) is 0 Å². The molecule has 0 aromatic carbocycles. The zero-order valence-electron chi connectivity index (χ0n) is 6.42. The average molecular weight is 140 g/mol. The molecule has 2 bridgehead atoms. The Balaban J connectivity index is 1.74. The van der Waals surface area contributed by atoms with Crippen LogP contribution in [0.4, 0.5) is 0 Å². The van der Waals surface area contributed by atoms with Crippen LogP contribution in [0, 0.1) is 5.92 Å². The van der Waals surface area contributed by atoms with Crippen molar-refractivity contribution in [3.63, 3.8) is 0 Å². The van der Waals surface area contributed by atoms with E-state index in [0.717, 1.165) is 18.5 Å². The molecule has 2 N–H and O–H groups in total. The van der Waals surface area contributed by atoms with Crippen molar-refractivity contribution >= 4 is 0 Å². The van der Waals surface area contributed by atoms with E-state index in [1.165, 1.54) is 32.4 Å². The largest absolute Gasteiger partial charge is 0.330 e. The van der Waals surface area contributed by atoms with Gasteiger partial charge in [0.05, 0.1) is 0 Å². The fourth-order valence-corrected chi connectivity index (χ4v) is 2.20. The monoisotopic (exact) mass is 140 g/mol. The summed E-state index contributed by atoms with van der Waals surface area (Å²) in [6.45, 7) is 3.47. The maximum Gasteiger partial charge on any atom is 0.0102 e. The van der Waals surface area contributed by atoms with E-state index in [0.29, 0.717) is 0 Å². The second-order valence-corrected chi connectivity index (χ2v) is 3.63. The molecule has 0 amide bonds. The summed E-state index contributed by atoms with van der Waals surface area (Å²) in [5, 5.41) is 0. The van der Waals surface area contributed by atoms with Gasteiger partial charge in [-0.05, 0) is 38.3 Å². The minimum Gasteiger partial charge on any atom is -0.330 e. The third kappa shape index (κ3) is 0.956. The molecule has 3 aliphatic rings. The first-order valence-electron chi connectivity index (χ1n) is 4.34. The van der Waals surface area contributed by atoms with E-state index < -0.39 is 0 Å². The molecule has 2 nitrogen and oxygen atoms in total. The van der Waals surface area contributed by atoms with Crippen LogP contribution < -0.4 is 5.73 Å². The number of hydrogen-bond donors (Lipinski definition) is 1. The molecular weight excluding hydrogens is 124 g/mol. The Hall–Kier alpha value is -0.0800. The van der Waals surface area contributed by atoms with Gasteiger partial charge in [-0.3, -0.25) is 0 Å². The molecule has 0 aromatic heterocycles. The lowest BCUT2D eigenvalue weighted by atomic mass is 9.86. The van der Waals surface area contributed by atoms with Crippen molar-refractivity contribution in [2.24, 2.45) is 11.7 Å². The first-order chi connectivity index (χ1) is 4.90. The number of hydrogen-bond acceptors (Lipinski definition) is 2. The molecular formula is C8H16N2. The third-order valence-corrected chi connectivity index (χ3v) is 2.87. The molecule has 0 radical (unpaired) electrons. The SMILES string of the molecule is NCCCN1CC2CC1C2. The van der Waals surface area contributed by atoms with Crippen LogP contribution in [0.25, 0.3) is 0 Å². The standard InChI is InChI=1S/C8H16N2/c9-2-1-3-10-6-7-4-8(10)5-7/h7-8H,1-6,9H2. The van der Waals surface area contributed by atoms with Crippen LogP contribution in [0.5, 0.6) is 0 Å². The predicted octanol–water partition coefficient (Wildman–Crippen LogP) is 0.429. The van der Waals surface area contributed by atoms with Gasteiger partial charge in [0, 0.05) is 12.6 Å². The van der Waals surface area contributed by atoms with Gasteiger partial charge in [-0.25, -0.2) is 0 Å². The van der Waals surface area contributed by atoms with Gasteiger partial charge < -0.3 is 10.6 Å². The number of nitrogens with zero attached hydrogens (tertiary/aromatic N) is 1. The Morgan fingerprint density at radius 1 is 1.40 bits per heavy atom. The fraction of sp³-hybridized carbons (Fsp3) is 1.00. The molecule has 1 aliphatic carbocycles. The third-order valence-electron chi connectivity index (χ3n) is 2.87. The summed E-state index contributed by atoms with van der Waals surface area (Å²) in [5.41, 5.74) is 5.44. The molecule has 2 heterocycles. The van der Waals surface area contributed by atoms with Crippen LogP contribution in [-0.4, -0.2) is 30.6 Å². The molecule has 2 saturated heterocycles. The Kier molecular flexibility index (Phi) is 1.66. The highest BCUT2D eigenvalue weighted by atomic mass is 15.2. The average Bonchev–Trinajstić information content (AvgIpc) is 2.37. The lowest BCUT2D eigenvalue weighted by Crippen LogP contribution is -2.30. The molecule has 0 spiro atoms. The molecule has 0 unspecified atom stereocenters. The molecule has 0 aromatic rings. The second kappa shape index (κ2) is 2.51. The zero-order chi connectivity index (χ0) is 6.97. The van der Waals surface area contributed by atoms with Crippen molar-refractivity contribution in [3.8, 4) is 0 Å². The highest BCUT2D eigenvalue weighted by Crippen LogP contribution is 2.40. The maximum absolute atomic E-state index is 5.44. The first-order valence-corrected chi connectivity index (χ1v) is 4.34. The van der Waals surface area contributed by atoms with Crippen molar-refractivity contribution in [3.05, 3.63) is 0 Å². The first kappa shape index (κ1) is 6.62. The van der Waals surface area contributed by atoms with Crippen LogP contribution in [0.2, 0.25) is 0 Å². The van der Waals surface area contributed by atoms with Gasteiger partial charge in [-0.15, -0.1) is 0 Å². The van der Waals surface area contributed by atoms with Gasteiger partial charge in [0.2, 0.25) is 0 Å². The molecule has 10 heavy (non-hydrogen) atoms. The minimum absolute atomic E-state index is 0.855. The summed E-state index contributed by atoms with van der Waals surface area (Å²) in [4.78, 5) is 2.61. The quantitative estimate of drug-likeness (QED) is 0.616. The van der Waals surface area contributed by atoms with Gasteiger partial charge in [-0.1, -0.05) is 0 Å². The number of fused-ring (bicyclic) bond motifs is 1. The molecule has 2 heteroatoms. The highest BCUT2D eigenvalue weighted by Gasteiger charge is 2.41. The normalized spacial score (nSPS) is 38.1. The molecule has 2 aliphatic heterocycles. The van der Waals surface area contributed by atoms with Crippen molar-refractivity contribution < 1.29 is 0 Å². The predicted molar refractivity (Wildman–Crippen MR) is 41.8 cm³/mol. The Bertz CT molecular complexity index is 118. The smallest absolute Gasteiger partial charge is 0.0102 e. The van der Waals surface area contributed by atoms with Crippen molar-refractivity contribution in [2.45, 2.75) is 25.3 Å². The summed E-state index contributed by atoms with van der Waals surface area (Å²) in [5.74, 6) is 1.06. The zero-order valence-corrected chi connectivity index (χ0v) is 6.42. The van der Waals surface area contributed by atoms with Crippen LogP contribution in [-0.2, 0) is 0 Å². The Morgan fingerprint density at radius 3 is 2.70 bits per heavy atom. The van der Waals surface area contributed by atoms with Crippen molar-refractivity contribution in [1.29, 1.82) is 0 Å². The molecule has 0 atom stereocenters. The van der Waals surface area contributed by atoms with E-state index in [1.807, 2.05) is 0 Å². The van der Waals surface area contributed by atoms with E-state index in [2.05, 4.69) is 4.90 Å². The lowest BCUT2D eigenvalue weighted by molar-refractivity contribution is 0.245. The van der Waals surface area contributed by atoms with Gasteiger partial charge in [-0.2, -0.15) is 0 Å². The summed E-state index contributed by atoms with van der Waals surface area (Å²) >= 11 is 0. The van der Waals surface area contributed by atoms with Crippen molar-refractivity contribution in [1.82, 2.24) is 4.90 Å². The fourth-order valence-electron chi connectivity index (χ4n) is 2.20. The molecule has 3 rings (SSSR count). The summed E-state index contributed by atoms with van der Waals surface area (Å²) in [6, 6.07) is 0.955. The van der Waals surface area contributed by atoms with Crippen LogP contribution >= 0.6 is 0 Å². The van der Waals surface area contributed by atoms with Crippen LogP contribution in [0.1, 0.15) is 19.3 Å². The van der Waals surface area contributed by atoms with E-state index in [-0.39, 0.29) is 0 Å². The highest BCUT2D eigenvalue weighted by molar-refractivity contribution is 4.96. The molecule has 58 valence electrons. The summed E-state index contributed by atoms with van der Waals surface area (Å²) < 4.78 is 0. The number of nitrogens with two attached hydrogens (primary N) is 1.